The fourth-order valence-corrected chi connectivity index (χ4v) is 1.64. The summed E-state index contributed by atoms with van der Waals surface area (Å²) in [5, 5.41) is 16.0. The zero-order chi connectivity index (χ0) is 13.9. The number of hydrogen-bond acceptors (Lipinski definition) is 4. The lowest BCUT2D eigenvalue weighted by atomic mass is 9.87. The normalized spacial score (nSPS) is 11.3. The third-order valence-electron chi connectivity index (χ3n) is 2.81. The summed E-state index contributed by atoms with van der Waals surface area (Å²) in [4.78, 5) is 11.9. The minimum Gasteiger partial charge on any atom is -0.345 e. The van der Waals surface area contributed by atoms with Gasteiger partial charge in [0.25, 0.3) is 5.91 Å². The maximum atomic E-state index is 11.9. The van der Waals surface area contributed by atoms with Gasteiger partial charge in [0.05, 0.1) is 6.54 Å². The largest absolute Gasteiger partial charge is 0.345 e. The first kappa shape index (κ1) is 13.2. The van der Waals surface area contributed by atoms with Gasteiger partial charge in [0.15, 0.2) is 5.82 Å². The van der Waals surface area contributed by atoms with Crippen LogP contribution in [0.4, 0.5) is 0 Å². The molecular formula is C13H17N5O. The van der Waals surface area contributed by atoms with Crippen molar-refractivity contribution >= 4 is 5.91 Å². The predicted molar refractivity (Wildman–Crippen MR) is 70.5 cm³/mol. The molecule has 0 atom stereocenters. The molecule has 100 valence electrons. The topological polar surface area (TPSA) is 83.6 Å². The molecule has 2 N–H and O–H groups in total. The van der Waals surface area contributed by atoms with E-state index < -0.39 is 0 Å². The smallest absolute Gasteiger partial charge is 0.251 e. The first-order valence-corrected chi connectivity index (χ1v) is 6.08. The number of carbonyl (C=O) groups excluding carboxylic acids is 1. The number of aromatic nitrogens is 4. The number of aromatic amines is 1. The molecule has 1 aromatic carbocycles. The van der Waals surface area contributed by atoms with Crippen LogP contribution in [0.2, 0.25) is 0 Å². The van der Waals surface area contributed by atoms with E-state index in [2.05, 4.69) is 46.7 Å². The molecule has 0 aliphatic heterocycles. The highest BCUT2D eigenvalue weighted by Crippen LogP contribution is 2.22. The molecule has 6 nitrogen and oxygen atoms in total. The zero-order valence-electron chi connectivity index (χ0n) is 11.3. The molecule has 0 aliphatic carbocycles. The summed E-state index contributed by atoms with van der Waals surface area (Å²) < 4.78 is 0. The van der Waals surface area contributed by atoms with Gasteiger partial charge in [-0.2, -0.15) is 5.21 Å². The van der Waals surface area contributed by atoms with E-state index in [4.69, 9.17) is 0 Å². The molecule has 2 rings (SSSR count). The highest BCUT2D eigenvalue weighted by Gasteiger charge is 2.14. The molecule has 6 heteroatoms. The van der Waals surface area contributed by atoms with Crippen molar-refractivity contribution in [1.29, 1.82) is 0 Å². The van der Waals surface area contributed by atoms with Gasteiger partial charge in [-0.15, -0.1) is 10.2 Å². The first-order chi connectivity index (χ1) is 8.97. The Kier molecular flexibility index (Phi) is 3.59. The summed E-state index contributed by atoms with van der Waals surface area (Å²) in [6, 6.07) is 7.60. The number of nitrogens with one attached hydrogen (secondary N) is 2. The van der Waals surface area contributed by atoms with Crippen molar-refractivity contribution in [1.82, 2.24) is 25.9 Å². The fourth-order valence-electron chi connectivity index (χ4n) is 1.64. The zero-order valence-corrected chi connectivity index (χ0v) is 11.3. The minimum absolute atomic E-state index is 0.0830. The van der Waals surface area contributed by atoms with Gasteiger partial charge in [-0.3, -0.25) is 4.79 Å². The van der Waals surface area contributed by atoms with Crippen molar-refractivity contribution in [2.75, 3.05) is 0 Å². The van der Waals surface area contributed by atoms with Gasteiger partial charge in [-0.25, -0.2) is 0 Å². The molecule has 19 heavy (non-hydrogen) atoms. The van der Waals surface area contributed by atoms with E-state index >= 15 is 0 Å². The SMILES string of the molecule is CC(C)(C)c1ccc(C(=O)NCc2nn[nH]n2)cc1. The molecule has 0 spiro atoms. The maximum absolute atomic E-state index is 11.9. The van der Waals surface area contributed by atoms with E-state index in [1.165, 1.54) is 5.56 Å². The summed E-state index contributed by atoms with van der Waals surface area (Å²) >= 11 is 0. The number of benzene rings is 1. The molecule has 0 aliphatic rings. The van der Waals surface area contributed by atoms with E-state index in [-0.39, 0.29) is 17.9 Å². The van der Waals surface area contributed by atoms with Gasteiger partial charge >= 0.3 is 0 Å². The molecule has 0 bridgehead atoms. The van der Waals surface area contributed by atoms with Crippen LogP contribution in [-0.4, -0.2) is 26.5 Å². The number of nitrogens with zero attached hydrogens (tertiary/aromatic N) is 3. The van der Waals surface area contributed by atoms with Gasteiger partial charge in [-0.1, -0.05) is 38.1 Å². The van der Waals surface area contributed by atoms with E-state index in [1.807, 2.05) is 24.3 Å². The second-order valence-corrected chi connectivity index (χ2v) is 5.34. The van der Waals surface area contributed by atoms with Crippen LogP contribution in [-0.2, 0) is 12.0 Å². The van der Waals surface area contributed by atoms with Gasteiger partial charge in [0, 0.05) is 5.56 Å². The average molecular weight is 259 g/mol. The Hall–Kier alpha value is -2.24. The number of rotatable bonds is 3. The fraction of sp³-hybridized carbons (Fsp3) is 0.385. The predicted octanol–water partition coefficient (Wildman–Crippen LogP) is 1.43. The quantitative estimate of drug-likeness (QED) is 0.873. The summed E-state index contributed by atoms with van der Waals surface area (Å²) in [5.41, 5.74) is 1.90. The average Bonchev–Trinajstić information content (AvgIpc) is 2.88. The molecule has 0 saturated heterocycles. The maximum Gasteiger partial charge on any atom is 0.251 e. The third kappa shape index (κ3) is 3.37. The lowest BCUT2D eigenvalue weighted by Crippen LogP contribution is -2.23. The standard InChI is InChI=1S/C13H17N5O/c1-13(2,3)10-6-4-9(5-7-10)12(19)14-8-11-15-17-18-16-11/h4-7H,8H2,1-3H3,(H,14,19)(H,15,16,17,18). The van der Waals surface area contributed by atoms with Gasteiger partial charge in [0.1, 0.15) is 0 Å². The van der Waals surface area contributed by atoms with Crippen LogP contribution in [0.1, 0.15) is 42.5 Å². The van der Waals surface area contributed by atoms with Crippen molar-refractivity contribution < 1.29 is 4.79 Å². The number of hydrogen-bond donors (Lipinski definition) is 2. The Morgan fingerprint density at radius 3 is 2.47 bits per heavy atom. The Morgan fingerprint density at radius 2 is 1.95 bits per heavy atom. The second kappa shape index (κ2) is 5.17. The van der Waals surface area contributed by atoms with E-state index in [1.54, 1.807) is 0 Å². The second-order valence-electron chi connectivity index (χ2n) is 5.34. The van der Waals surface area contributed by atoms with Crippen LogP contribution < -0.4 is 5.32 Å². The number of amides is 1. The summed E-state index contributed by atoms with van der Waals surface area (Å²) in [7, 11) is 0. The van der Waals surface area contributed by atoms with E-state index in [9.17, 15) is 4.79 Å². The van der Waals surface area contributed by atoms with Crippen LogP contribution >= 0.6 is 0 Å². The first-order valence-electron chi connectivity index (χ1n) is 6.08. The highest BCUT2D eigenvalue weighted by atomic mass is 16.1. The molecule has 0 unspecified atom stereocenters. The van der Waals surface area contributed by atoms with Crippen molar-refractivity contribution in [3.05, 3.63) is 41.2 Å². The third-order valence-corrected chi connectivity index (χ3v) is 2.81. The molecule has 1 aromatic heterocycles. The highest BCUT2D eigenvalue weighted by molar-refractivity contribution is 5.94. The minimum atomic E-state index is -0.148. The summed E-state index contributed by atoms with van der Waals surface area (Å²) in [6.07, 6.45) is 0. The van der Waals surface area contributed by atoms with Crippen molar-refractivity contribution in [2.45, 2.75) is 32.7 Å². The Morgan fingerprint density at radius 1 is 1.26 bits per heavy atom. The van der Waals surface area contributed by atoms with Crippen molar-refractivity contribution in [3.63, 3.8) is 0 Å². The van der Waals surface area contributed by atoms with Crippen molar-refractivity contribution in [2.24, 2.45) is 0 Å². The lowest BCUT2D eigenvalue weighted by Gasteiger charge is -2.18. The van der Waals surface area contributed by atoms with Crippen LogP contribution in [0.5, 0.6) is 0 Å². The summed E-state index contributed by atoms with van der Waals surface area (Å²) in [5.74, 6) is 0.310. The van der Waals surface area contributed by atoms with Crippen LogP contribution in [0.25, 0.3) is 0 Å². The van der Waals surface area contributed by atoms with E-state index in [0.717, 1.165) is 0 Å². The number of carbonyl (C=O) groups is 1. The van der Waals surface area contributed by atoms with Gasteiger partial charge in [-0.05, 0) is 23.1 Å². The molecule has 0 radical (unpaired) electrons. The molecular weight excluding hydrogens is 242 g/mol. The van der Waals surface area contributed by atoms with Crippen molar-refractivity contribution in [3.8, 4) is 0 Å². The number of tetrazole rings is 1. The van der Waals surface area contributed by atoms with Gasteiger partial charge < -0.3 is 5.32 Å². The van der Waals surface area contributed by atoms with E-state index in [0.29, 0.717) is 11.4 Å². The summed E-state index contributed by atoms with van der Waals surface area (Å²) in [6.45, 7) is 6.67. The molecule has 1 amide bonds. The lowest BCUT2D eigenvalue weighted by molar-refractivity contribution is 0.0950. The Bertz CT molecular complexity index is 539. The molecule has 0 fully saturated rings. The Balaban J connectivity index is 2.00. The van der Waals surface area contributed by atoms with Crippen LogP contribution in [0.3, 0.4) is 0 Å². The Labute approximate surface area is 111 Å². The molecule has 1 heterocycles. The van der Waals surface area contributed by atoms with Gasteiger partial charge in [0.2, 0.25) is 0 Å². The monoisotopic (exact) mass is 259 g/mol. The number of H-pyrrole nitrogens is 1. The van der Waals surface area contributed by atoms with Crippen LogP contribution in [0, 0.1) is 0 Å². The van der Waals surface area contributed by atoms with Crippen LogP contribution in [0.15, 0.2) is 24.3 Å². The molecule has 0 saturated carbocycles. The molecule has 2 aromatic rings.